The van der Waals surface area contributed by atoms with Gasteiger partial charge in [0.25, 0.3) is 5.91 Å². The summed E-state index contributed by atoms with van der Waals surface area (Å²) in [5.41, 5.74) is -0.419. The third-order valence-electron chi connectivity index (χ3n) is 5.61. The number of methoxy groups -OCH3 is 2. The average molecular weight is 441 g/mol. The second kappa shape index (κ2) is 8.92. The summed E-state index contributed by atoms with van der Waals surface area (Å²) in [5.74, 6) is -0.529. The van der Waals surface area contributed by atoms with Crippen molar-refractivity contribution in [3.8, 4) is 11.5 Å². The van der Waals surface area contributed by atoms with Gasteiger partial charge in [0.05, 0.1) is 23.1 Å². The van der Waals surface area contributed by atoms with Crippen LogP contribution in [-0.2, 0) is 16.1 Å². The third kappa shape index (κ3) is 3.78. The lowest BCUT2D eigenvalue weighted by Crippen LogP contribution is -2.61. The number of para-hydroxylation sites is 2. The monoisotopic (exact) mass is 441 g/mol. The van der Waals surface area contributed by atoms with Crippen molar-refractivity contribution >= 4 is 22.8 Å². The Morgan fingerprint density at radius 3 is 2.84 bits per heavy atom. The number of carbonyl (C=O) groups is 2. The quantitative estimate of drug-likeness (QED) is 0.606. The topological polar surface area (TPSA) is 90.2 Å². The van der Waals surface area contributed by atoms with Crippen LogP contribution in [0, 0.1) is 0 Å². The molecule has 0 fully saturated rings. The van der Waals surface area contributed by atoms with Crippen LogP contribution in [0.3, 0.4) is 0 Å². The molecule has 1 aliphatic rings. The predicted molar refractivity (Wildman–Crippen MR) is 118 cm³/mol. The van der Waals surface area contributed by atoms with E-state index in [2.05, 4.69) is 5.32 Å². The van der Waals surface area contributed by atoms with Crippen LogP contribution in [0.25, 0.3) is 11.0 Å². The highest BCUT2D eigenvalue weighted by atomic mass is 16.5. The second-order valence-electron chi connectivity index (χ2n) is 7.66. The van der Waals surface area contributed by atoms with Gasteiger partial charge in [0, 0.05) is 25.8 Å². The second-order valence-corrected chi connectivity index (χ2v) is 7.66. The van der Waals surface area contributed by atoms with E-state index in [0.717, 1.165) is 0 Å². The van der Waals surface area contributed by atoms with E-state index in [1.165, 1.54) is 18.1 Å². The molecule has 32 heavy (non-hydrogen) atoms. The number of amides is 2. The van der Waals surface area contributed by atoms with E-state index >= 15 is 0 Å². The lowest BCUT2D eigenvalue weighted by molar-refractivity contribution is -0.133. The minimum Gasteiger partial charge on any atom is -0.496 e. The van der Waals surface area contributed by atoms with Gasteiger partial charge < -0.3 is 28.8 Å². The average Bonchev–Trinajstić information content (AvgIpc) is 3.15. The number of hydrogen-bond acceptors (Lipinski definition) is 6. The van der Waals surface area contributed by atoms with Gasteiger partial charge in [0.2, 0.25) is 11.7 Å². The molecule has 0 radical (unpaired) electrons. The van der Waals surface area contributed by atoms with Crippen LogP contribution >= 0.6 is 0 Å². The number of nitrogens with one attached hydrogen (secondary N) is 1. The van der Waals surface area contributed by atoms with E-state index in [0.29, 0.717) is 22.3 Å². The SMILES string of the molecule is [2H]C([2H])([2H])Oc1ccccc1CNC(=O)C1(C)COc2c(oc3ccccc23)C(=O)N1CCOC. The summed E-state index contributed by atoms with van der Waals surface area (Å²) in [6, 6.07) is 13.7. The maximum absolute atomic E-state index is 13.6. The van der Waals surface area contributed by atoms with Crippen molar-refractivity contribution < 1.29 is 32.3 Å². The first kappa shape index (κ1) is 18.1. The first-order valence-corrected chi connectivity index (χ1v) is 10.1. The Balaban J connectivity index is 1.61. The molecule has 2 amide bonds. The fourth-order valence-corrected chi connectivity index (χ4v) is 3.78. The van der Waals surface area contributed by atoms with Crippen molar-refractivity contribution in [1.29, 1.82) is 0 Å². The first-order chi connectivity index (χ1) is 16.6. The zero-order valence-corrected chi connectivity index (χ0v) is 17.8. The van der Waals surface area contributed by atoms with E-state index in [1.54, 1.807) is 43.3 Å². The number of furan rings is 1. The third-order valence-corrected chi connectivity index (χ3v) is 5.61. The molecule has 3 aromatic rings. The number of rotatable bonds is 7. The van der Waals surface area contributed by atoms with Gasteiger partial charge in [-0.25, -0.2) is 0 Å². The molecule has 0 aliphatic carbocycles. The van der Waals surface area contributed by atoms with Crippen molar-refractivity contribution in [3.05, 3.63) is 59.9 Å². The van der Waals surface area contributed by atoms with Crippen molar-refractivity contribution in [2.24, 2.45) is 0 Å². The van der Waals surface area contributed by atoms with Gasteiger partial charge in [-0.2, -0.15) is 0 Å². The van der Waals surface area contributed by atoms with Gasteiger partial charge in [-0.1, -0.05) is 30.3 Å². The summed E-state index contributed by atoms with van der Waals surface area (Å²) < 4.78 is 44.1. The molecular formula is C24H26N2O6. The Morgan fingerprint density at radius 2 is 2.03 bits per heavy atom. The highest BCUT2D eigenvalue weighted by Crippen LogP contribution is 2.38. The number of nitrogens with zero attached hydrogens (tertiary/aromatic N) is 1. The molecule has 1 aromatic heterocycles. The zero-order valence-electron chi connectivity index (χ0n) is 20.8. The summed E-state index contributed by atoms with van der Waals surface area (Å²) in [7, 11) is -1.13. The molecule has 0 bridgehead atoms. The molecule has 1 atom stereocenters. The minimum absolute atomic E-state index is 0.0144. The number of hydrogen-bond donors (Lipinski definition) is 1. The number of ether oxygens (including phenoxy) is 3. The van der Waals surface area contributed by atoms with E-state index in [4.69, 9.17) is 22.7 Å². The van der Waals surface area contributed by atoms with Crippen LogP contribution in [0.4, 0.5) is 0 Å². The highest BCUT2D eigenvalue weighted by molar-refractivity contribution is 6.04. The molecule has 168 valence electrons. The van der Waals surface area contributed by atoms with Gasteiger partial charge in [-0.15, -0.1) is 0 Å². The van der Waals surface area contributed by atoms with Gasteiger partial charge in [0.1, 0.15) is 17.9 Å². The summed E-state index contributed by atoms with van der Waals surface area (Å²) in [5, 5.41) is 3.44. The Hall–Kier alpha value is -3.52. The molecule has 2 aromatic carbocycles. The normalized spacial score (nSPS) is 19.9. The van der Waals surface area contributed by atoms with Crippen LogP contribution in [0.1, 0.15) is 27.2 Å². The summed E-state index contributed by atoms with van der Waals surface area (Å²) in [6.45, 7) is 1.78. The molecule has 1 N–H and O–H groups in total. The van der Waals surface area contributed by atoms with Crippen LogP contribution < -0.4 is 14.8 Å². The fraction of sp³-hybridized carbons (Fsp3) is 0.333. The summed E-state index contributed by atoms with van der Waals surface area (Å²) in [4.78, 5) is 28.4. The van der Waals surface area contributed by atoms with Gasteiger partial charge in [0.15, 0.2) is 11.3 Å². The standard InChI is InChI=1S/C24H26N2O6/c1-24(23(28)25-14-16-8-4-6-10-18(16)30-3)15-31-20-17-9-5-7-11-19(17)32-21(20)22(27)26(24)12-13-29-2/h4-11H,12-15H2,1-3H3,(H,25,28)/i3D3. The number of carbonyl (C=O) groups excluding carboxylic acids is 2. The summed E-state index contributed by atoms with van der Waals surface area (Å²) >= 11 is 0. The Morgan fingerprint density at radius 1 is 1.25 bits per heavy atom. The molecule has 0 saturated heterocycles. The van der Waals surface area contributed by atoms with Crippen LogP contribution in [-0.4, -0.2) is 56.2 Å². The van der Waals surface area contributed by atoms with Crippen molar-refractivity contribution in [2.45, 2.75) is 19.0 Å². The summed E-state index contributed by atoms with van der Waals surface area (Å²) in [6.07, 6.45) is 0. The van der Waals surface area contributed by atoms with Crippen LogP contribution in [0.2, 0.25) is 0 Å². The smallest absolute Gasteiger partial charge is 0.294 e. The molecule has 1 unspecified atom stereocenters. The highest BCUT2D eigenvalue weighted by Gasteiger charge is 2.47. The van der Waals surface area contributed by atoms with E-state index in [9.17, 15) is 9.59 Å². The fourth-order valence-electron chi connectivity index (χ4n) is 3.78. The maximum Gasteiger partial charge on any atom is 0.294 e. The maximum atomic E-state index is 13.6. The Bertz CT molecular complexity index is 1240. The van der Waals surface area contributed by atoms with Gasteiger partial charge in [-0.05, 0) is 25.1 Å². The van der Waals surface area contributed by atoms with Crippen molar-refractivity contribution in [1.82, 2.24) is 10.2 Å². The van der Waals surface area contributed by atoms with Crippen molar-refractivity contribution in [2.75, 3.05) is 33.9 Å². The lowest BCUT2D eigenvalue weighted by atomic mass is 9.99. The van der Waals surface area contributed by atoms with Crippen molar-refractivity contribution in [3.63, 3.8) is 0 Å². The molecule has 0 spiro atoms. The number of fused-ring (bicyclic) bond motifs is 3. The van der Waals surface area contributed by atoms with Crippen LogP contribution in [0.5, 0.6) is 11.5 Å². The predicted octanol–water partition coefficient (Wildman–Crippen LogP) is 3.00. The molecule has 1 aliphatic heterocycles. The Labute approximate surface area is 190 Å². The molecule has 8 heteroatoms. The molecule has 2 heterocycles. The van der Waals surface area contributed by atoms with Crippen LogP contribution in [0.15, 0.2) is 52.9 Å². The van der Waals surface area contributed by atoms with E-state index in [-0.39, 0.29) is 37.8 Å². The van der Waals surface area contributed by atoms with E-state index in [1.807, 2.05) is 6.07 Å². The minimum atomic E-state index is -2.63. The van der Waals surface area contributed by atoms with Gasteiger partial charge in [-0.3, -0.25) is 9.59 Å². The largest absolute Gasteiger partial charge is 0.496 e. The zero-order chi connectivity index (χ0) is 25.2. The Kier molecular flexibility index (Phi) is 5.04. The van der Waals surface area contributed by atoms with E-state index < -0.39 is 24.4 Å². The molecule has 4 rings (SSSR count). The molecule has 0 saturated carbocycles. The lowest BCUT2D eigenvalue weighted by Gasteiger charge is -2.37. The van der Waals surface area contributed by atoms with Gasteiger partial charge >= 0.3 is 0 Å². The molecular weight excluding hydrogens is 412 g/mol. The molecule has 8 nitrogen and oxygen atoms in total. The first-order valence-electron chi connectivity index (χ1n) is 11.6. The number of benzene rings is 2.